The van der Waals surface area contributed by atoms with E-state index in [1.54, 1.807) is 22.4 Å². The summed E-state index contributed by atoms with van der Waals surface area (Å²) in [5.41, 5.74) is 0.868. The van der Waals surface area contributed by atoms with Crippen molar-refractivity contribution in [2.45, 2.75) is 76.0 Å². The summed E-state index contributed by atoms with van der Waals surface area (Å²) in [6, 6.07) is 1.97. The van der Waals surface area contributed by atoms with E-state index in [2.05, 4.69) is 23.7 Å². The molecule has 0 aliphatic carbocycles. The second-order valence-corrected chi connectivity index (χ2v) is 7.79. The van der Waals surface area contributed by atoms with Crippen molar-refractivity contribution in [2.24, 2.45) is 0 Å². The Bertz CT molecular complexity index is 658. The van der Waals surface area contributed by atoms with Crippen molar-refractivity contribution in [1.29, 1.82) is 0 Å². The molecule has 1 saturated heterocycles. The average molecular weight is 350 g/mol. The SMILES string of the molecule is CCCc1cc(=O)n2c(n1)SCC2CC(=O)N1CCCCC1CC. The highest BCUT2D eigenvalue weighted by Gasteiger charge is 2.31. The first kappa shape index (κ1) is 17.5. The standard InChI is InChI=1S/C18H27N3O2S/c1-3-7-13-10-17(23)21-15(12-24-18(21)19-13)11-16(22)20-9-6-5-8-14(20)4-2/h10,14-15H,3-9,11-12H2,1-2H3. The number of aromatic nitrogens is 2. The van der Waals surface area contributed by atoms with Gasteiger partial charge in [0.15, 0.2) is 5.16 Å². The lowest BCUT2D eigenvalue weighted by molar-refractivity contribution is -0.135. The number of hydrogen-bond acceptors (Lipinski definition) is 4. The third-order valence-electron chi connectivity index (χ3n) is 5.08. The van der Waals surface area contributed by atoms with Gasteiger partial charge < -0.3 is 4.90 Å². The molecule has 3 rings (SSSR count). The summed E-state index contributed by atoms with van der Waals surface area (Å²) in [5.74, 6) is 0.971. The zero-order valence-electron chi connectivity index (χ0n) is 14.7. The number of fused-ring (bicyclic) bond motifs is 1. The Balaban J connectivity index is 1.74. The number of nitrogens with zero attached hydrogens (tertiary/aromatic N) is 3. The zero-order chi connectivity index (χ0) is 17.1. The molecule has 132 valence electrons. The van der Waals surface area contributed by atoms with Crippen molar-refractivity contribution in [3.05, 3.63) is 22.1 Å². The lowest BCUT2D eigenvalue weighted by Crippen LogP contribution is -2.44. The van der Waals surface area contributed by atoms with Crippen LogP contribution in [-0.4, -0.2) is 38.7 Å². The lowest BCUT2D eigenvalue weighted by Gasteiger charge is -2.36. The van der Waals surface area contributed by atoms with Crippen LogP contribution in [0.15, 0.2) is 16.0 Å². The van der Waals surface area contributed by atoms with Gasteiger partial charge in [0, 0.05) is 36.5 Å². The second-order valence-electron chi connectivity index (χ2n) is 6.80. The van der Waals surface area contributed by atoms with Gasteiger partial charge in [0.05, 0.1) is 6.04 Å². The van der Waals surface area contributed by atoms with E-state index in [1.807, 2.05) is 0 Å². The number of piperidine rings is 1. The van der Waals surface area contributed by atoms with Crippen LogP contribution in [0.25, 0.3) is 0 Å². The average Bonchev–Trinajstić information content (AvgIpc) is 2.98. The zero-order valence-corrected chi connectivity index (χ0v) is 15.5. The molecule has 2 aliphatic rings. The van der Waals surface area contributed by atoms with E-state index < -0.39 is 0 Å². The monoisotopic (exact) mass is 349 g/mol. The third kappa shape index (κ3) is 3.53. The van der Waals surface area contributed by atoms with E-state index in [1.165, 1.54) is 6.42 Å². The Morgan fingerprint density at radius 3 is 2.92 bits per heavy atom. The fourth-order valence-electron chi connectivity index (χ4n) is 3.81. The summed E-state index contributed by atoms with van der Waals surface area (Å²) in [6.45, 7) is 5.11. The molecule has 0 aromatic carbocycles. The fraction of sp³-hybridized carbons (Fsp3) is 0.722. The van der Waals surface area contributed by atoms with Crippen LogP contribution in [0.5, 0.6) is 0 Å². The molecule has 0 bridgehead atoms. The number of carbonyl (C=O) groups excluding carboxylic acids is 1. The molecule has 1 amide bonds. The predicted octanol–water partition coefficient (Wildman–Crippen LogP) is 3.02. The lowest BCUT2D eigenvalue weighted by atomic mass is 9.99. The van der Waals surface area contributed by atoms with Gasteiger partial charge in [-0.05, 0) is 32.1 Å². The second kappa shape index (κ2) is 7.72. The summed E-state index contributed by atoms with van der Waals surface area (Å²) in [4.78, 5) is 31.9. The molecule has 0 radical (unpaired) electrons. The maximum absolute atomic E-state index is 12.8. The van der Waals surface area contributed by atoms with Crippen molar-refractivity contribution >= 4 is 17.7 Å². The normalized spacial score (nSPS) is 23.3. The van der Waals surface area contributed by atoms with Crippen LogP contribution in [0, 0.1) is 0 Å². The maximum Gasteiger partial charge on any atom is 0.254 e. The molecule has 5 nitrogen and oxygen atoms in total. The van der Waals surface area contributed by atoms with Crippen LogP contribution in [0.4, 0.5) is 0 Å². The van der Waals surface area contributed by atoms with Gasteiger partial charge in [-0.1, -0.05) is 32.0 Å². The maximum atomic E-state index is 12.8. The molecule has 2 atom stereocenters. The number of amides is 1. The first-order valence-corrected chi connectivity index (χ1v) is 10.2. The number of carbonyl (C=O) groups is 1. The van der Waals surface area contributed by atoms with Gasteiger partial charge in [-0.15, -0.1) is 0 Å². The summed E-state index contributed by atoms with van der Waals surface area (Å²) in [7, 11) is 0. The molecule has 1 fully saturated rings. The molecule has 0 N–H and O–H groups in total. The molecule has 1 aromatic heterocycles. The number of rotatable bonds is 5. The predicted molar refractivity (Wildman–Crippen MR) is 96.5 cm³/mol. The Morgan fingerprint density at radius 2 is 2.17 bits per heavy atom. The molecule has 3 heterocycles. The summed E-state index contributed by atoms with van der Waals surface area (Å²) in [5, 5.41) is 0.787. The highest BCUT2D eigenvalue weighted by Crippen LogP contribution is 2.33. The minimum absolute atomic E-state index is 0.00284. The van der Waals surface area contributed by atoms with Gasteiger partial charge in [-0.25, -0.2) is 4.98 Å². The van der Waals surface area contributed by atoms with Crippen LogP contribution in [0.1, 0.15) is 64.1 Å². The van der Waals surface area contributed by atoms with Crippen LogP contribution < -0.4 is 5.56 Å². The number of likely N-dealkylation sites (tertiary alicyclic amines) is 1. The van der Waals surface area contributed by atoms with Crippen molar-refractivity contribution in [1.82, 2.24) is 14.5 Å². The smallest absolute Gasteiger partial charge is 0.254 e. The largest absolute Gasteiger partial charge is 0.340 e. The number of hydrogen-bond donors (Lipinski definition) is 0. The van der Waals surface area contributed by atoms with Crippen molar-refractivity contribution < 1.29 is 4.79 Å². The van der Waals surface area contributed by atoms with Gasteiger partial charge in [0.25, 0.3) is 5.56 Å². The van der Waals surface area contributed by atoms with Gasteiger partial charge in [-0.3, -0.25) is 14.2 Å². The summed E-state index contributed by atoms with van der Waals surface area (Å²) < 4.78 is 1.74. The van der Waals surface area contributed by atoms with E-state index in [4.69, 9.17) is 0 Å². The molecular weight excluding hydrogens is 322 g/mol. The molecule has 0 spiro atoms. The van der Waals surface area contributed by atoms with Gasteiger partial charge in [-0.2, -0.15) is 0 Å². The van der Waals surface area contributed by atoms with E-state index in [0.717, 1.165) is 55.3 Å². The Hall–Kier alpha value is -1.30. The minimum atomic E-state index is -0.0485. The highest BCUT2D eigenvalue weighted by atomic mass is 32.2. The Kier molecular flexibility index (Phi) is 5.64. The topological polar surface area (TPSA) is 55.2 Å². The van der Waals surface area contributed by atoms with Gasteiger partial charge >= 0.3 is 0 Å². The molecule has 0 saturated carbocycles. The Morgan fingerprint density at radius 1 is 1.33 bits per heavy atom. The van der Waals surface area contributed by atoms with Gasteiger partial charge in [0.1, 0.15) is 0 Å². The van der Waals surface area contributed by atoms with Crippen LogP contribution in [0.3, 0.4) is 0 Å². The van der Waals surface area contributed by atoms with Crippen molar-refractivity contribution in [2.75, 3.05) is 12.3 Å². The Labute approximate surface area is 147 Å². The first-order valence-electron chi connectivity index (χ1n) is 9.18. The highest BCUT2D eigenvalue weighted by molar-refractivity contribution is 7.99. The molecular formula is C18H27N3O2S. The molecule has 6 heteroatoms. The van der Waals surface area contributed by atoms with Gasteiger partial charge in [0.2, 0.25) is 5.91 Å². The fourth-order valence-corrected chi connectivity index (χ4v) is 4.97. The summed E-state index contributed by atoms with van der Waals surface area (Å²) >= 11 is 1.61. The molecule has 1 aromatic rings. The van der Waals surface area contributed by atoms with Crippen LogP contribution in [-0.2, 0) is 11.2 Å². The van der Waals surface area contributed by atoms with Crippen LogP contribution >= 0.6 is 11.8 Å². The molecule has 24 heavy (non-hydrogen) atoms. The van der Waals surface area contributed by atoms with E-state index in [9.17, 15) is 9.59 Å². The van der Waals surface area contributed by atoms with Crippen molar-refractivity contribution in [3.8, 4) is 0 Å². The van der Waals surface area contributed by atoms with E-state index >= 15 is 0 Å². The van der Waals surface area contributed by atoms with Crippen molar-refractivity contribution in [3.63, 3.8) is 0 Å². The van der Waals surface area contributed by atoms with E-state index in [0.29, 0.717) is 12.5 Å². The molecule has 2 unspecified atom stereocenters. The number of thioether (sulfide) groups is 1. The minimum Gasteiger partial charge on any atom is -0.340 e. The first-order chi connectivity index (χ1) is 11.6. The quantitative estimate of drug-likeness (QED) is 0.767. The molecule has 2 aliphatic heterocycles. The summed E-state index contributed by atoms with van der Waals surface area (Å²) in [6.07, 6.45) is 6.68. The van der Waals surface area contributed by atoms with E-state index in [-0.39, 0.29) is 17.5 Å². The number of aryl methyl sites for hydroxylation is 1. The van der Waals surface area contributed by atoms with Crippen LogP contribution in [0.2, 0.25) is 0 Å². The third-order valence-corrected chi connectivity index (χ3v) is 6.18.